The summed E-state index contributed by atoms with van der Waals surface area (Å²) in [4.78, 5) is 23.5. The Balaban J connectivity index is 1.70. The normalized spacial score (nSPS) is 14.8. The minimum atomic E-state index is -0.483. The topological polar surface area (TPSA) is 93.5 Å². The molecule has 1 aliphatic carbocycles. The zero-order chi connectivity index (χ0) is 20.0. The molecule has 3 rings (SSSR count). The number of methoxy groups -OCH3 is 1. The van der Waals surface area contributed by atoms with Gasteiger partial charge in [0.05, 0.1) is 11.5 Å². The number of ether oxygens (including phenoxy) is 1. The summed E-state index contributed by atoms with van der Waals surface area (Å²) in [5.74, 6) is -0.297. The molecule has 1 fully saturated rings. The summed E-state index contributed by atoms with van der Waals surface area (Å²) in [6.07, 6.45) is 3.19. The van der Waals surface area contributed by atoms with Crippen molar-refractivity contribution in [3.8, 4) is 0 Å². The van der Waals surface area contributed by atoms with Gasteiger partial charge in [0.25, 0.3) is 11.6 Å². The Hall–Kier alpha value is -2.93. The number of nitro groups is 1. The van der Waals surface area contributed by atoms with Crippen LogP contribution in [-0.4, -0.2) is 37.6 Å². The average Bonchev–Trinajstić information content (AvgIpc) is 2.68. The molecule has 148 valence electrons. The second-order valence-electron chi connectivity index (χ2n) is 7.09. The van der Waals surface area contributed by atoms with Crippen molar-refractivity contribution in [1.29, 1.82) is 0 Å². The number of hydrogen-bond acceptors (Lipinski definition) is 5. The minimum absolute atomic E-state index is 0.0372. The van der Waals surface area contributed by atoms with E-state index >= 15 is 0 Å². The number of nitrogens with zero attached hydrogens (tertiary/aromatic N) is 1. The lowest BCUT2D eigenvalue weighted by molar-refractivity contribution is -0.384. The van der Waals surface area contributed by atoms with E-state index in [0.29, 0.717) is 25.4 Å². The van der Waals surface area contributed by atoms with Gasteiger partial charge in [-0.05, 0) is 30.5 Å². The fourth-order valence-corrected chi connectivity index (χ4v) is 3.58. The van der Waals surface area contributed by atoms with Crippen LogP contribution in [0.25, 0.3) is 0 Å². The smallest absolute Gasteiger partial charge is 0.293 e. The van der Waals surface area contributed by atoms with Crippen LogP contribution in [0.4, 0.5) is 11.4 Å². The van der Waals surface area contributed by atoms with E-state index in [0.717, 1.165) is 19.3 Å². The van der Waals surface area contributed by atoms with E-state index in [9.17, 15) is 14.9 Å². The highest BCUT2D eigenvalue weighted by Gasteiger charge is 2.38. The second-order valence-corrected chi connectivity index (χ2v) is 7.09. The maximum absolute atomic E-state index is 12.6. The fourth-order valence-electron chi connectivity index (χ4n) is 3.58. The first-order valence-electron chi connectivity index (χ1n) is 9.41. The Bertz CT molecular complexity index is 835. The average molecular weight is 383 g/mol. The first-order chi connectivity index (χ1) is 13.6. The summed E-state index contributed by atoms with van der Waals surface area (Å²) < 4.78 is 4.95. The van der Waals surface area contributed by atoms with E-state index in [4.69, 9.17) is 4.74 Å². The molecule has 2 N–H and O–H groups in total. The van der Waals surface area contributed by atoms with Crippen LogP contribution in [0.3, 0.4) is 0 Å². The molecule has 0 atom stereocenters. The van der Waals surface area contributed by atoms with E-state index in [1.807, 2.05) is 18.2 Å². The largest absolute Gasteiger partial charge is 0.383 e. The number of hydrogen-bond donors (Lipinski definition) is 2. The lowest BCUT2D eigenvalue weighted by Crippen LogP contribution is -2.45. The van der Waals surface area contributed by atoms with Gasteiger partial charge in [-0.15, -0.1) is 0 Å². The third kappa shape index (κ3) is 4.31. The van der Waals surface area contributed by atoms with Crippen molar-refractivity contribution in [2.24, 2.45) is 0 Å². The SMILES string of the molecule is COCCNc1ccc(C(=O)NCC2(c3ccccc3)CCC2)cc1[N+](=O)[O-]. The first kappa shape index (κ1) is 19.8. The zero-order valence-corrected chi connectivity index (χ0v) is 15.9. The number of carbonyl (C=O) groups excluding carboxylic acids is 1. The van der Waals surface area contributed by atoms with Crippen LogP contribution in [0.5, 0.6) is 0 Å². The standard InChI is InChI=1S/C21H25N3O4/c1-28-13-12-22-18-9-8-16(14-19(18)24(26)27)20(25)23-15-21(10-5-11-21)17-6-3-2-4-7-17/h2-4,6-9,14,22H,5,10-13,15H2,1H3,(H,23,25). The lowest BCUT2D eigenvalue weighted by atomic mass is 9.64. The van der Waals surface area contributed by atoms with E-state index in [1.165, 1.54) is 11.6 Å². The molecule has 0 aliphatic heterocycles. The van der Waals surface area contributed by atoms with Crippen molar-refractivity contribution >= 4 is 17.3 Å². The van der Waals surface area contributed by atoms with Gasteiger partial charge >= 0.3 is 0 Å². The highest BCUT2D eigenvalue weighted by atomic mass is 16.6. The predicted octanol–water partition coefficient (Wildman–Crippen LogP) is 3.50. The van der Waals surface area contributed by atoms with Crippen LogP contribution in [0.15, 0.2) is 48.5 Å². The molecule has 0 unspecified atom stereocenters. The van der Waals surface area contributed by atoms with Gasteiger partial charge in [0.15, 0.2) is 0 Å². The van der Waals surface area contributed by atoms with Crippen molar-refractivity contribution in [1.82, 2.24) is 5.32 Å². The molecule has 0 radical (unpaired) electrons. The molecule has 7 heteroatoms. The van der Waals surface area contributed by atoms with Gasteiger partial charge in [0.1, 0.15) is 5.69 Å². The Morgan fingerprint density at radius 1 is 1.21 bits per heavy atom. The molecule has 1 saturated carbocycles. The molecule has 0 bridgehead atoms. The van der Waals surface area contributed by atoms with E-state index in [2.05, 4.69) is 22.8 Å². The molecule has 2 aromatic carbocycles. The molecule has 0 aromatic heterocycles. The van der Waals surface area contributed by atoms with Crippen LogP contribution in [0.2, 0.25) is 0 Å². The predicted molar refractivity (Wildman–Crippen MR) is 108 cm³/mol. The molecular formula is C21H25N3O4. The molecule has 1 aliphatic rings. The Labute approximate surface area is 164 Å². The Morgan fingerprint density at radius 3 is 2.57 bits per heavy atom. The van der Waals surface area contributed by atoms with Gasteiger partial charge in [-0.3, -0.25) is 14.9 Å². The molecule has 0 spiro atoms. The molecule has 0 saturated heterocycles. The summed E-state index contributed by atoms with van der Waals surface area (Å²) in [5, 5.41) is 17.3. The van der Waals surface area contributed by atoms with Crippen molar-refractivity contribution < 1.29 is 14.5 Å². The monoisotopic (exact) mass is 383 g/mol. The van der Waals surface area contributed by atoms with Crippen molar-refractivity contribution in [2.75, 3.05) is 32.1 Å². The lowest BCUT2D eigenvalue weighted by Gasteiger charge is -2.42. The molecule has 2 aromatic rings. The van der Waals surface area contributed by atoms with Crippen LogP contribution < -0.4 is 10.6 Å². The number of anilines is 1. The summed E-state index contributed by atoms with van der Waals surface area (Å²) in [6, 6.07) is 14.7. The molecule has 7 nitrogen and oxygen atoms in total. The van der Waals surface area contributed by atoms with Crippen molar-refractivity contribution in [3.63, 3.8) is 0 Å². The Morgan fingerprint density at radius 2 is 1.96 bits per heavy atom. The second kappa shape index (κ2) is 8.84. The van der Waals surface area contributed by atoms with Gasteiger partial charge in [0.2, 0.25) is 0 Å². The Kier molecular flexibility index (Phi) is 6.26. The maximum Gasteiger partial charge on any atom is 0.293 e. The van der Waals surface area contributed by atoms with Crippen LogP contribution in [0.1, 0.15) is 35.2 Å². The van der Waals surface area contributed by atoms with E-state index < -0.39 is 4.92 Å². The summed E-state index contributed by atoms with van der Waals surface area (Å²) in [6.45, 7) is 1.40. The highest BCUT2D eigenvalue weighted by molar-refractivity contribution is 5.95. The fraction of sp³-hybridized carbons (Fsp3) is 0.381. The summed E-state index contributed by atoms with van der Waals surface area (Å²) in [7, 11) is 1.56. The number of nitro benzene ring substituents is 1. The van der Waals surface area contributed by atoms with Gasteiger partial charge in [-0.1, -0.05) is 36.8 Å². The number of benzene rings is 2. The highest BCUT2D eigenvalue weighted by Crippen LogP contribution is 2.43. The van der Waals surface area contributed by atoms with Crippen molar-refractivity contribution in [3.05, 3.63) is 69.8 Å². The van der Waals surface area contributed by atoms with E-state index in [-0.39, 0.29) is 22.6 Å². The zero-order valence-electron chi connectivity index (χ0n) is 15.9. The molecule has 0 heterocycles. The maximum atomic E-state index is 12.6. The number of nitrogens with one attached hydrogen (secondary N) is 2. The van der Waals surface area contributed by atoms with E-state index in [1.54, 1.807) is 19.2 Å². The quantitative estimate of drug-likeness (QED) is 0.393. The van der Waals surface area contributed by atoms with Gasteiger partial charge in [-0.2, -0.15) is 0 Å². The third-order valence-electron chi connectivity index (χ3n) is 5.36. The number of carbonyl (C=O) groups is 1. The van der Waals surface area contributed by atoms with Crippen LogP contribution in [0, 0.1) is 10.1 Å². The minimum Gasteiger partial charge on any atom is -0.383 e. The third-order valence-corrected chi connectivity index (χ3v) is 5.36. The molecule has 1 amide bonds. The van der Waals surface area contributed by atoms with Gasteiger partial charge < -0.3 is 15.4 Å². The molecule has 28 heavy (non-hydrogen) atoms. The number of rotatable bonds is 9. The van der Waals surface area contributed by atoms with Crippen molar-refractivity contribution in [2.45, 2.75) is 24.7 Å². The molecular weight excluding hydrogens is 358 g/mol. The summed E-state index contributed by atoms with van der Waals surface area (Å²) in [5.41, 5.74) is 1.73. The van der Waals surface area contributed by atoms with Crippen LogP contribution >= 0.6 is 0 Å². The first-order valence-corrected chi connectivity index (χ1v) is 9.41. The summed E-state index contributed by atoms with van der Waals surface area (Å²) >= 11 is 0. The van der Waals surface area contributed by atoms with Gasteiger partial charge in [0, 0.05) is 37.2 Å². The number of amides is 1. The van der Waals surface area contributed by atoms with Gasteiger partial charge in [-0.25, -0.2) is 0 Å². The van der Waals surface area contributed by atoms with Crippen LogP contribution in [-0.2, 0) is 10.2 Å².